The summed E-state index contributed by atoms with van der Waals surface area (Å²) in [5.41, 5.74) is 2.00. The number of methoxy groups -OCH3 is 1. The Labute approximate surface area is 200 Å². The molecule has 2 aromatic rings. The maximum Gasteiger partial charge on any atom is 0.317 e. The highest BCUT2D eigenvalue weighted by molar-refractivity contribution is 5.94. The Hall–Kier alpha value is -3.13. The van der Waals surface area contributed by atoms with Crippen LogP contribution >= 0.6 is 0 Å². The van der Waals surface area contributed by atoms with E-state index in [1.54, 1.807) is 24.1 Å². The predicted molar refractivity (Wildman–Crippen MR) is 130 cm³/mol. The number of likely N-dealkylation sites (tertiary alicyclic amines) is 1. The van der Waals surface area contributed by atoms with Crippen LogP contribution in [-0.2, 0) is 0 Å². The molecule has 8 heteroatoms. The molecule has 2 fully saturated rings. The minimum atomic E-state index is -0.404. The molecule has 1 atom stereocenters. The first-order valence-corrected chi connectivity index (χ1v) is 11.9. The Morgan fingerprint density at radius 3 is 2.26 bits per heavy atom. The highest BCUT2D eigenvalue weighted by atomic mass is 19.1. The second kappa shape index (κ2) is 10.9. The maximum absolute atomic E-state index is 14.5. The molecule has 2 aliphatic rings. The number of halogens is 1. The lowest BCUT2D eigenvalue weighted by Gasteiger charge is -2.37. The Kier molecular flexibility index (Phi) is 7.67. The fourth-order valence-electron chi connectivity index (χ4n) is 4.77. The summed E-state index contributed by atoms with van der Waals surface area (Å²) in [5, 5.41) is 3.13. The summed E-state index contributed by atoms with van der Waals surface area (Å²) in [5.74, 6) is 0.255. The van der Waals surface area contributed by atoms with Crippen molar-refractivity contribution in [2.24, 2.45) is 0 Å². The van der Waals surface area contributed by atoms with Gasteiger partial charge in [0.15, 0.2) is 5.78 Å². The van der Waals surface area contributed by atoms with Crippen LogP contribution in [0.3, 0.4) is 0 Å². The highest BCUT2D eigenvalue weighted by Gasteiger charge is 2.27. The lowest BCUT2D eigenvalue weighted by molar-refractivity contribution is 0.101. The number of hydrogen-bond donors (Lipinski definition) is 1. The van der Waals surface area contributed by atoms with Gasteiger partial charge in [-0.1, -0.05) is 12.1 Å². The van der Waals surface area contributed by atoms with Crippen molar-refractivity contribution in [2.75, 3.05) is 57.8 Å². The summed E-state index contributed by atoms with van der Waals surface area (Å²) in [6, 6.07) is 12.7. The standard InChI is InChI=1S/C26H33FN4O3/c1-19(32)21-7-10-24(23(27)17-21)30-13-15-31(16-14-30)26(33)28-18-25(29-11-3-4-12-29)20-5-8-22(34-2)9-6-20/h5-10,17,25H,3-4,11-16,18H2,1-2H3,(H,28,33). The number of nitrogens with zero attached hydrogens (tertiary/aromatic N) is 3. The second-order valence-corrected chi connectivity index (χ2v) is 8.91. The van der Waals surface area contributed by atoms with Crippen molar-refractivity contribution in [1.29, 1.82) is 0 Å². The largest absolute Gasteiger partial charge is 0.497 e. The third-order valence-electron chi connectivity index (χ3n) is 6.79. The topological polar surface area (TPSA) is 65.1 Å². The van der Waals surface area contributed by atoms with Crippen molar-refractivity contribution < 1.29 is 18.7 Å². The van der Waals surface area contributed by atoms with Gasteiger partial charge in [0, 0.05) is 38.3 Å². The van der Waals surface area contributed by atoms with Crippen LogP contribution in [-0.4, -0.2) is 74.5 Å². The van der Waals surface area contributed by atoms with Gasteiger partial charge in [0.25, 0.3) is 0 Å². The lowest BCUT2D eigenvalue weighted by Crippen LogP contribution is -2.53. The SMILES string of the molecule is COc1ccc(C(CNC(=O)N2CCN(c3ccc(C(C)=O)cc3F)CC2)N2CCCC2)cc1. The van der Waals surface area contributed by atoms with E-state index in [9.17, 15) is 14.0 Å². The quantitative estimate of drug-likeness (QED) is 0.628. The number of ether oxygens (including phenoxy) is 1. The van der Waals surface area contributed by atoms with E-state index in [-0.39, 0.29) is 17.9 Å². The number of urea groups is 1. The Morgan fingerprint density at radius 2 is 1.68 bits per heavy atom. The molecule has 2 heterocycles. The Bertz CT molecular complexity index is 1000. The van der Waals surface area contributed by atoms with Gasteiger partial charge in [-0.25, -0.2) is 9.18 Å². The number of nitrogens with one attached hydrogen (secondary N) is 1. The van der Waals surface area contributed by atoms with E-state index >= 15 is 0 Å². The normalized spacial score (nSPS) is 17.5. The molecule has 1 unspecified atom stereocenters. The van der Waals surface area contributed by atoms with E-state index in [1.165, 1.54) is 25.8 Å². The first-order chi connectivity index (χ1) is 16.5. The molecule has 0 radical (unpaired) electrons. The van der Waals surface area contributed by atoms with E-state index in [1.807, 2.05) is 17.0 Å². The van der Waals surface area contributed by atoms with E-state index in [0.717, 1.165) is 24.4 Å². The molecule has 7 nitrogen and oxygen atoms in total. The molecule has 2 saturated heterocycles. The van der Waals surface area contributed by atoms with Crippen molar-refractivity contribution in [3.63, 3.8) is 0 Å². The highest BCUT2D eigenvalue weighted by Crippen LogP contribution is 2.27. The molecule has 182 valence electrons. The number of hydrogen-bond acceptors (Lipinski definition) is 5. The van der Waals surface area contributed by atoms with Crippen molar-refractivity contribution in [1.82, 2.24) is 15.1 Å². The van der Waals surface area contributed by atoms with E-state index in [2.05, 4.69) is 22.3 Å². The summed E-state index contributed by atoms with van der Waals surface area (Å²) >= 11 is 0. The van der Waals surface area contributed by atoms with Crippen LogP contribution in [0.1, 0.15) is 41.7 Å². The van der Waals surface area contributed by atoms with Gasteiger partial charge in [0.1, 0.15) is 11.6 Å². The molecule has 2 aliphatic heterocycles. The molecule has 0 aliphatic carbocycles. The number of piperazine rings is 1. The van der Waals surface area contributed by atoms with Crippen LogP contribution in [0.15, 0.2) is 42.5 Å². The van der Waals surface area contributed by atoms with Crippen LogP contribution in [0.4, 0.5) is 14.9 Å². The van der Waals surface area contributed by atoms with Gasteiger partial charge < -0.3 is 19.9 Å². The molecule has 34 heavy (non-hydrogen) atoms. The molecular formula is C26H33FN4O3. The molecule has 1 N–H and O–H groups in total. The number of ketones is 1. The van der Waals surface area contributed by atoms with Gasteiger partial charge in [-0.05, 0) is 68.8 Å². The number of amides is 2. The molecule has 0 bridgehead atoms. The minimum Gasteiger partial charge on any atom is -0.497 e. The fraction of sp³-hybridized carbons (Fsp3) is 0.462. The number of anilines is 1. The zero-order chi connectivity index (χ0) is 24.1. The van der Waals surface area contributed by atoms with E-state index in [0.29, 0.717) is 44.0 Å². The van der Waals surface area contributed by atoms with Crippen molar-refractivity contribution >= 4 is 17.5 Å². The van der Waals surface area contributed by atoms with Crippen LogP contribution in [0.2, 0.25) is 0 Å². The molecule has 0 spiro atoms. The minimum absolute atomic E-state index is 0.0928. The van der Waals surface area contributed by atoms with E-state index < -0.39 is 5.82 Å². The first kappa shape index (κ1) is 24.0. The zero-order valence-electron chi connectivity index (χ0n) is 19.9. The zero-order valence-corrected chi connectivity index (χ0v) is 19.9. The number of carbonyl (C=O) groups is 2. The molecule has 0 aromatic heterocycles. The fourth-order valence-corrected chi connectivity index (χ4v) is 4.77. The van der Waals surface area contributed by atoms with Crippen LogP contribution in [0.25, 0.3) is 0 Å². The maximum atomic E-state index is 14.5. The van der Waals surface area contributed by atoms with Gasteiger partial charge in [0.2, 0.25) is 0 Å². The molecule has 2 amide bonds. The van der Waals surface area contributed by atoms with E-state index in [4.69, 9.17) is 4.74 Å². The summed E-state index contributed by atoms with van der Waals surface area (Å²) in [6.45, 7) is 6.11. The summed E-state index contributed by atoms with van der Waals surface area (Å²) in [6.07, 6.45) is 2.35. The Balaban J connectivity index is 1.34. The number of carbonyl (C=O) groups excluding carboxylic acids is 2. The summed E-state index contributed by atoms with van der Waals surface area (Å²) in [4.78, 5) is 30.5. The Morgan fingerprint density at radius 1 is 1.00 bits per heavy atom. The third kappa shape index (κ3) is 5.50. The molecule has 4 rings (SSSR count). The first-order valence-electron chi connectivity index (χ1n) is 11.9. The van der Waals surface area contributed by atoms with Gasteiger partial charge >= 0.3 is 6.03 Å². The van der Waals surface area contributed by atoms with Gasteiger partial charge in [-0.3, -0.25) is 9.69 Å². The van der Waals surface area contributed by atoms with Gasteiger partial charge in [-0.15, -0.1) is 0 Å². The predicted octanol–water partition coefficient (Wildman–Crippen LogP) is 3.71. The number of benzene rings is 2. The van der Waals surface area contributed by atoms with Crippen molar-refractivity contribution in [3.05, 3.63) is 59.4 Å². The number of Topliss-reactive ketones (excluding diaryl/α,β-unsaturated/α-hetero) is 1. The molecule has 2 aromatic carbocycles. The summed E-state index contributed by atoms with van der Waals surface area (Å²) < 4.78 is 19.8. The van der Waals surface area contributed by atoms with Crippen LogP contribution in [0.5, 0.6) is 5.75 Å². The van der Waals surface area contributed by atoms with Crippen molar-refractivity contribution in [2.45, 2.75) is 25.8 Å². The van der Waals surface area contributed by atoms with Gasteiger partial charge in [-0.2, -0.15) is 0 Å². The second-order valence-electron chi connectivity index (χ2n) is 8.91. The van der Waals surface area contributed by atoms with Crippen molar-refractivity contribution in [3.8, 4) is 5.75 Å². The van der Waals surface area contributed by atoms with Crippen LogP contribution in [0, 0.1) is 5.82 Å². The lowest BCUT2D eigenvalue weighted by atomic mass is 10.1. The monoisotopic (exact) mass is 468 g/mol. The van der Waals surface area contributed by atoms with Crippen LogP contribution < -0.4 is 15.0 Å². The number of rotatable bonds is 7. The smallest absolute Gasteiger partial charge is 0.317 e. The average Bonchev–Trinajstić information content (AvgIpc) is 3.39. The third-order valence-corrected chi connectivity index (χ3v) is 6.79. The van der Waals surface area contributed by atoms with Gasteiger partial charge in [0.05, 0.1) is 18.8 Å². The molecule has 0 saturated carbocycles. The average molecular weight is 469 g/mol. The summed E-state index contributed by atoms with van der Waals surface area (Å²) in [7, 11) is 1.66. The molecular weight excluding hydrogens is 435 g/mol.